The van der Waals surface area contributed by atoms with E-state index >= 15 is 0 Å². The van der Waals surface area contributed by atoms with E-state index in [1.165, 1.54) is 13.2 Å². The molecule has 1 rings (SSSR count). The molecule has 0 aliphatic heterocycles. The van der Waals surface area contributed by atoms with E-state index < -0.39 is 20.9 Å². The number of hydrogen-bond acceptors (Lipinski definition) is 9. The van der Waals surface area contributed by atoms with E-state index in [4.69, 9.17) is 27.5 Å². The first-order valence-corrected chi connectivity index (χ1v) is 15.8. The molecular formula is C28H47NO9Si. The second-order valence-electron chi connectivity index (χ2n) is 8.41. The Morgan fingerprint density at radius 1 is 0.821 bits per heavy atom. The fraction of sp³-hybridized carbons (Fsp3) is 0.643. The van der Waals surface area contributed by atoms with Crippen molar-refractivity contribution < 1.29 is 41.8 Å². The Morgan fingerprint density at radius 2 is 1.49 bits per heavy atom. The molecule has 0 aromatic heterocycles. The number of carbonyl (C=O) groups is 2. The van der Waals surface area contributed by atoms with Gasteiger partial charge in [-0.25, -0.2) is 9.59 Å². The van der Waals surface area contributed by atoms with Gasteiger partial charge in [0.05, 0.1) is 26.9 Å². The number of methoxy groups -OCH3 is 1. The molecule has 10 nitrogen and oxygen atoms in total. The second kappa shape index (κ2) is 21.2. The summed E-state index contributed by atoms with van der Waals surface area (Å²) in [6.45, 7) is 11.2. The van der Waals surface area contributed by atoms with Gasteiger partial charge in [0.25, 0.3) is 0 Å². The van der Waals surface area contributed by atoms with E-state index in [2.05, 4.69) is 10.1 Å². The molecule has 0 heterocycles. The summed E-state index contributed by atoms with van der Waals surface area (Å²) >= 11 is 0. The van der Waals surface area contributed by atoms with E-state index in [9.17, 15) is 9.59 Å². The number of ether oxygens (including phenoxy) is 4. The summed E-state index contributed by atoms with van der Waals surface area (Å²) < 4.78 is 39.0. The van der Waals surface area contributed by atoms with Crippen LogP contribution in [0.2, 0.25) is 6.04 Å². The van der Waals surface area contributed by atoms with Crippen molar-refractivity contribution in [1.29, 1.82) is 0 Å². The third kappa shape index (κ3) is 14.9. The molecule has 1 N–H and O–H groups in total. The van der Waals surface area contributed by atoms with Gasteiger partial charge in [-0.1, -0.05) is 6.07 Å². The van der Waals surface area contributed by atoms with Crippen molar-refractivity contribution in [2.45, 2.75) is 65.8 Å². The van der Waals surface area contributed by atoms with E-state index in [0.29, 0.717) is 70.1 Å². The number of amides is 1. The van der Waals surface area contributed by atoms with Gasteiger partial charge in [-0.05, 0) is 83.6 Å². The lowest BCUT2D eigenvalue weighted by molar-refractivity contribution is -0.134. The number of rotatable bonds is 22. The van der Waals surface area contributed by atoms with Crippen LogP contribution >= 0.6 is 0 Å². The van der Waals surface area contributed by atoms with Gasteiger partial charge in [-0.15, -0.1) is 0 Å². The Balaban J connectivity index is 2.26. The molecule has 0 saturated carbocycles. The summed E-state index contributed by atoms with van der Waals surface area (Å²) in [6, 6.07) is 6.16. The van der Waals surface area contributed by atoms with Gasteiger partial charge in [-0.2, -0.15) is 0 Å². The van der Waals surface area contributed by atoms with E-state index in [-0.39, 0.29) is 0 Å². The molecule has 39 heavy (non-hydrogen) atoms. The van der Waals surface area contributed by atoms with Crippen LogP contribution in [0.25, 0.3) is 6.08 Å². The monoisotopic (exact) mass is 569 g/mol. The first-order valence-electron chi connectivity index (χ1n) is 13.9. The molecule has 11 heteroatoms. The zero-order valence-corrected chi connectivity index (χ0v) is 25.3. The van der Waals surface area contributed by atoms with Crippen LogP contribution in [0.5, 0.6) is 11.5 Å². The Labute approximate surface area is 234 Å². The molecule has 0 spiro atoms. The van der Waals surface area contributed by atoms with Gasteiger partial charge in [-0.3, -0.25) is 0 Å². The average Bonchev–Trinajstić information content (AvgIpc) is 2.92. The van der Waals surface area contributed by atoms with Crippen LogP contribution in [-0.2, 0) is 27.5 Å². The summed E-state index contributed by atoms with van der Waals surface area (Å²) in [7, 11) is -1.35. The molecule has 0 unspecified atom stereocenters. The largest absolute Gasteiger partial charge is 0.500 e. The molecule has 0 bridgehead atoms. The molecule has 0 aliphatic carbocycles. The Bertz CT molecular complexity index is 833. The number of hydrogen-bond donors (Lipinski definition) is 1. The fourth-order valence-electron chi connectivity index (χ4n) is 3.70. The number of nitrogens with one attached hydrogen (secondary N) is 1. The van der Waals surface area contributed by atoms with Crippen molar-refractivity contribution in [3.63, 3.8) is 0 Å². The number of carbonyl (C=O) groups excluding carboxylic acids is 2. The number of alkyl carbamates (subject to hydrolysis) is 1. The maximum Gasteiger partial charge on any atom is 0.500 e. The highest BCUT2D eigenvalue weighted by Gasteiger charge is 2.39. The van der Waals surface area contributed by atoms with Crippen molar-refractivity contribution >= 4 is 26.9 Å². The summed E-state index contributed by atoms with van der Waals surface area (Å²) in [5.74, 6) is 0.874. The Kier molecular flexibility index (Phi) is 18.8. The minimum Gasteiger partial charge on any atom is -0.490 e. The minimum absolute atomic E-state index is 0.366. The Morgan fingerprint density at radius 3 is 2.10 bits per heavy atom. The zero-order chi connectivity index (χ0) is 28.8. The maximum absolute atomic E-state index is 12.0. The lowest BCUT2D eigenvalue weighted by Gasteiger charge is -2.28. The van der Waals surface area contributed by atoms with E-state index in [0.717, 1.165) is 31.2 Å². The van der Waals surface area contributed by atoms with Gasteiger partial charge in [0.1, 0.15) is 0 Å². The maximum atomic E-state index is 12.0. The van der Waals surface area contributed by atoms with Crippen molar-refractivity contribution in [3.8, 4) is 11.5 Å². The number of unbranched alkanes of at least 4 members (excludes halogenated alkanes) is 3. The molecule has 0 radical (unpaired) electrons. The summed E-state index contributed by atoms with van der Waals surface area (Å²) in [6.07, 6.45) is 6.79. The normalized spacial score (nSPS) is 11.4. The predicted molar refractivity (Wildman–Crippen MR) is 152 cm³/mol. The Hall–Kier alpha value is -2.60. The van der Waals surface area contributed by atoms with Crippen LogP contribution in [0.15, 0.2) is 24.3 Å². The highest BCUT2D eigenvalue weighted by molar-refractivity contribution is 6.60. The third-order valence-electron chi connectivity index (χ3n) is 5.43. The summed E-state index contributed by atoms with van der Waals surface area (Å²) in [5.41, 5.74) is 0.813. The van der Waals surface area contributed by atoms with Crippen LogP contribution in [-0.4, -0.2) is 74.2 Å². The van der Waals surface area contributed by atoms with Crippen molar-refractivity contribution in [2.24, 2.45) is 0 Å². The fourth-order valence-corrected chi connectivity index (χ4v) is 6.31. The smallest absolute Gasteiger partial charge is 0.490 e. The molecule has 0 fully saturated rings. The third-order valence-corrected chi connectivity index (χ3v) is 8.58. The van der Waals surface area contributed by atoms with Crippen molar-refractivity contribution in [2.75, 3.05) is 53.3 Å². The molecule has 1 aromatic rings. The first-order chi connectivity index (χ1) is 18.9. The zero-order valence-electron chi connectivity index (χ0n) is 24.3. The molecule has 222 valence electrons. The van der Waals surface area contributed by atoms with Crippen LogP contribution in [0.3, 0.4) is 0 Å². The van der Waals surface area contributed by atoms with Gasteiger partial charge < -0.3 is 37.5 Å². The van der Waals surface area contributed by atoms with Gasteiger partial charge in [0.2, 0.25) is 0 Å². The SMILES string of the molecule is CCOc1ccc(/C=C/C(=O)OC)cc1OCCCCCCOC(=O)NCCC[Si](OCC)(OCC)OCC. The second-order valence-corrected chi connectivity index (χ2v) is 11.1. The molecule has 0 saturated heterocycles. The lowest BCUT2D eigenvalue weighted by atomic mass is 10.2. The van der Waals surface area contributed by atoms with Gasteiger partial charge in [0.15, 0.2) is 11.5 Å². The number of esters is 1. The van der Waals surface area contributed by atoms with Crippen molar-refractivity contribution in [1.82, 2.24) is 5.32 Å². The standard InChI is InChI=1S/C28H47NO9Si/c1-6-33-25-17-15-24(16-18-27(30)32-5)23-26(25)34-20-12-10-11-13-21-35-28(31)29-19-14-22-39(36-7-2,37-8-3)38-9-4/h15-18,23H,6-14,19-22H2,1-5H3,(H,29,31)/b18-16+. The first kappa shape index (κ1) is 34.4. The van der Waals surface area contributed by atoms with Gasteiger partial charge >= 0.3 is 20.9 Å². The molecule has 1 amide bonds. The lowest BCUT2D eigenvalue weighted by Crippen LogP contribution is -2.46. The molecule has 0 atom stereocenters. The van der Waals surface area contributed by atoms with Crippen LogP contribution in [0, 0.1) is 0 Å². The molecule has 0 aliphatic rings. The predicted octanol–water partition coefficient (Wildman–Crippen LogP) is 5.38. The minimum atomic E-state index is -2.69. The highest BCUT2D eigenvalue weighted by atomic mass is 28.4. The van der Waals surface area contributed by atoms with Gasteiger partial charge in [0, 0.05) is 38.5 Å². The van der Waals surface area contributed by atoms with E-state index in [1.807, 2.05) is 45.9 Å². The molecular weight excluding hydrogens is 522 g/mol. The summed E-state index contributed by atoms with van der Waals surface area (Å²) in [4.78, 5) is 23.3. The molecule has 1 aromatic carbocycles. The van der Waals surface area contributed by atoms with Crippen LogP contribution in [0.1, 0.15) is 65.4 Å². The van der Waals surface area contributed by atoms with E-state index in [1.54, 1.807) is 6.08 Å². The topological polar surface area (TPSA) is 111 Å². The summed E-state index contributed by atoms with van der Waals surface area (Å²) in [5, 5.41) is 2.78. The quantitative estimate of drug-likeness (QED) is 0.0852. The highest BCUT2D eigenvalue weighted by Crippen LogP contribution is 2.29. The average molecular weight is 570 g/mol. The number of benzene rings is 1. The van der Waals surface area contributed by atoms with Crippen LogP contribution < -0.4 is 14.8 Å². The van der Waals surface area contributed by atoms with Crippen LogP contribution in [0.4, 0.5) is 4.79 Å². The van der Waals surface area contributed by atoms with Crippen molar-refractivity contribution in [3.05, 3.63) is 29.8 Å².